The molecule has 1 aromatic carbocycles. The van der Waals surface area contributed by atoms with Crippen molar-refractivity contribution < 1.29 is 0 Å². The number of hydrogen-bond donors (Lipinski definition) is 0. The summed E-state index contributed by atoms with van der Waals surface area (Å²) in [5.74, 6) is 0. The van der Waals surface area contributed by atoms with E-state index in [1.807, 2.05) is 32.2 Å². The van der Waals surface area contributed by atoms with E-state index in [1.54, 1.807) is 0 Å². The van der Waals surface area contributed by atoms with Gasteiger partial charge in [-0.3, -0.25) is 4.98 Å². The predicted octanol–water partition coefficient (Wildman–Crippen LogP) is 6.29. The van der Waals surface area contributed by atoms with Crippen LogP contribution in [0.15, 0.2) is 48.7 Å². The molecule has 0 aliphatic rings. The second-order valence-electron chi connectivity index (χ2n) is 4.74. The van der Waals surface area contributed by atoms with Gasteiger partial charge in [0.25, 0.3) is 0 Å². The van der Waals surface area contributed by atoms with E-state index in [0.29, 0.717) is 0 Å². The third-order valence-corrected chi connectivity index (χ3v) is 3.38. The van der Waals surface area contributed by atoms with Crippen molar-refractivity contribution in [1.82, 2.24) is 4.98 Å². The molecule has 1 aromatic heterocycles. The fourth-order valence-electron chi connectivity index (χ4n) is 2.33. The lowest BCUT2D eigenvalue weighted by Gasteiger charge is -2.10. The van der Waals surface area contributed by atoms with Crippen LogP contribution in [0.25, 0.3) is 16.8 Å². The summed E-state index contributed by atoms with van der Waals surface area (Å²) in [7, 11) is 0. The second kappa shape index (κ2) is 9.12. The summed E-state index contributed by atoms with van der Waals surface area (Å²) in [6, 6.07) is 12.7. The van der Waals surface area contributed by atoms with E-state index in [0.717, 1.165) is 18.5 Å². The van der Waals surface area contributed by atoms with Gasteiger partial charge in [-0.25, -0.2) is 0 Å². The normalized spacial score (nSPS) is 10.8. The Labute approximate surface area is 129 Å². The number of aryl methyl sites for hydroxylation is 1. The van der Waals surface area contributed by atoms with Crippen LogP contribution in [0.5, 0.6) is 0 Å². The van der Waals surface area contributed by atoms with Gasteiger partial charge in [-0.15, -0.1) is 0 Å². The molecule has 0 radical (unpaired) electrons. The minimum Gasteiger partial charge on any atom is -0.256 e. The molecule has 0 atom stereocenters. The molecule has 1 heterocycles. The monoisotopic (exact) mass is 281 g/mol. The van der Waals surface area contributed by atoms with Crippen LogP contribution in [-0.2, 0) is 0 Å². The first-order chi connectivity index (χ1) is 10.3. The van der Waals surface area contributed by atoms with Gasteiger partial charge in [-0.1, -0.05) is 52.0 Å². The van der Waals surface area contributed by atoms with E-state index in [2.05, 4.69) is 56.1 Å². The Morgan fingerprint density at radius 3 is 2.43 bits per heavy atom. The van der Waals surface area contributed by atoms with Crippen molar-refractivity contribution in [2.24, 2.45) is 0 Å². The highest BCUT2D eigenvalue weighted by Crippen LogP contribution is 2.27. The van der Waals surface area contributed by atoms with Crippen molar-refractivity contribution >= 4 is 5.57 Å². The van der Waals surface area contributed by atoms with E-state index >= 15 is 0 Å². The van der Waals surface area contributed by atoms with Crippen LogP contribution in [0.2, 0.25) is 0 Å². The van der Waals surface area contributed by atoms with E-state index in [4.69, 9.17) is 0 Å². The maximum atomic E-state index is 4.46. The zero-order valence-electron chi connectivity index (χ0n) is 14.0. The van der Waals surface area contributed by atoms with Gasteiger partial charge < -0.3 is 0 Å². The Balaban J connectivity index is 0.00000106. The molecule has 0 fully saturated rings. The lowest BCUT2D eigenvalue weighted by molar-refractivity contribution is 1.17. The number of aromatic nitrogens is 1. The van der Waals surface area contributed by atoms with Crippen molar-refractivity contribution in [3.8, 4) is 11.3 Å². The first-order valence-corrected chi connectivity index (χ1v) is 7.97. The van der Waals surface area contributed by atoms with Crippen LogP contribution < -0.4 is 0 Å². The third-order valence-electron chi connectivity index (χ3n) is 3.38. The zero-order chi connectivity index (χ0) is 15.7. The molecule has 1 nitrogen and oxygen atoms in total. The molecule has 0 aliphatic carbocycles. The van der Waals surface area contributed by atoms with Gasteiger partial charge in [-0.05, 0) is 54.7 Å². The van der Waals surface area contributed by atoms with Crippen LogP contribution in [0.3, 0.4) is 0 Å². The molecule has 0 bridgehead atoms. The molecule has 0 spiro atoms. The highest BCUT2D eigenvalue weighted by molar-refractivity contribution is 5.73. The van der Waals surface area contributed by atoms with Crippen molar-refractivity contribution in [2.45, 2.75) is 47.5 Å². The number of pyridine rings is 1. The minimum absolute atomic E-state index is 1.05. The number of benzene rings is 1. The highest BCUT2D eigenvalue weighted by Gasteiger charge is 2.06. The fraction of sp³-hybridized carbons (Fsp3) is 0.350. The summed E-state index contributed by atoms with van der Waals surface area (Å²) in [4.78, 5) is 4.46. The van der Waals surface area contributed by atoms with Gasteiger partial charge in [0.2, 0.25) is 0 Å². The first kappa shape index (κ1) is 17.2. The van der Waals surface area contributed by atoms with Gasteiger partial charge in [0.15, 0.2) is 0 Å². The molecule has 0 saturated carbocycles. The Morgan fingerprint density at radius 2 is 1.86 bits per heavy atom. The number of hydrogen-bond acceptors (Lipinski definition) is 1. The zero-order valence-corrected chi connectivity index (χ0v) is 14.0. The molecule has 2 aromatic rings. The molecular formula is C20H27N. The first-order valence-electron chi connectivity index (χ1n) is 7.97. The van der Waals surface area contributed by atoms with Crippen LogP contribution in [-0.4, -0.2) is 4.98 Å². The summed E-state index contributed by atoms with van der Waals surface area (Å²) < 4.78 is 0. The van der Waals surface area contributed by atoms with E-state index < -0.39 is 0 Å². The molecule has 0 aliphatic heterocycles. The highest BCUT2D eigenvalue weighted by atomic mass is 14.7. The molecule has 0 unspecified atom stereocenters. The summed E-state index contributed by atoms with van der Waals surface area (Å²) >= 11 is 0. The molecule has 21 heavy (non-hydrogen) atoms. The average molecular weight is 281 g/mol. The predicted molar refractivity (Wildman–Crippen MR) is 94.3 cm³/mol. The minimum atomic E-state index is 1.05. The van der Waals surface area contributed by atoms with Crippen LogP contribution in [0.4, 0.5) is 0 Å². The lowest BCUT2D eigenvalue weighted by Crippen LogP contribution is -1.90. The maximum absolute atomic E-state index is 4.46. The SMILES string of the molecule is CC.CC/C=C(\CC)c1ccc(C)c(-c2ccccn2)c1. The number of rotatable bonds is 4. The summed E-state index contributed by atoms with van der Waals surface area (Å²) in [6.45, 7) is 10.5. The van der Waals surface area contributed by atoms with Gasteiger partial charge in [0, 0.05) is 11.8 Å². The van der Waals surface area contributed by atoms with Gasteiger partial charge in [-0.2, -0.15) is 0 Å². The molecular weight excluding hydrogens is 254 g/mol. The lowest BCUT2D eigenvalue weighted by atomic mass is 9.96. The second-order valence-corrected chi connectivity index (χ2v) is 4.74. The average Bonchev–Trinajstić information content (AvgIpc) is 2.56. The molecule has 1 heteroatoms. The standard InChI is InChI=1S/C18H21N.C2H6/c1-4-8-15(5-2)16-11-10-14(3)17(13-16)18-9-6-7-12-19-18;1-2/h6-13H,4-5H2,1-3H3;1-2H3/b15-8+;. The number of nitrogens with zero attached hydrogens (tertiary/aromatic N) is 1. The van der Waals surface area contributed by atoms with Gasteiger partial charge >= 0.3 is 0 Å². The van der Waals surface area contributed by atoms with Crippen molar-refractivity contribution in [3.05, 3.63) is 59.8 Å². The van der Waals surface area contributed by atoms with E-state index in [9.17, 15) is 0 Å². The fourth-order valence-corrected chi connectivity index (χ4v) is 2.33. The van der Waals surface area contributed by atoms with Gasteiger partial charge in [0.05, 0.1) is 5.69 Å². The summed E-state index contributed by atoms with van der Waals surface area (Å²) in [5.41, 5.74) is 6.28. The third kappa shape index (κ3) is 4.56. The number of allylic oxidation sites excluding steroid dienone is 2. The largest absolute Gasteiger partial charge is 0.256 e. The molecule has 0 N–H and O–H groups in total. The Bertz CT molecular complexity index is 568. The molecule has 0 saturated heterocycles. The topological polar surface area (TPSA) is 12.9 Å². The summed E-state index contributed by atoms with van der Waals surface area (Å²) in [5, 5.41) is 0. The van der Waals surface area contributed by atoms with E-state index in [-0.39, 0.29) is 0 Å². The van der Waals surface area contributed by atoms with Crippen molar-refractivity contribution in [3.63, 3.8) is 0 Å². The Kier molecular flexibility index (Phi) is 7.45. The molecule has 112 valence electrons. The quantitative estimate of drug-likeness (QED) is 0.642. The smallest absolute Gasteiger partial charge is 0.0704 e. The van der Waals surface area contributed by atoms with E-state index in [1.165, 1.54) is 22.3 Å². The summed E-state index contributed by atoms with van der Waals surface area (Å²) in [6.07, 6.45) is 6.31. The molecule has 2 rings (SSSR count). The Hall–Kier alpha value is -1.89. The maximum Gasteiger partial charge on any atom is 0.0704 e. The van der Waals surface area contributed by atoms with Crippen LogP contribution in [0, 0.1) is 6.92 Å². The van der Waals surface area contributed by atoms with Crippen LogP contribution in [0.1, 0.15) is 51.7 Å². The van der Waals surface area contributed by atoms with Crippen LogP contribution >= 0.6 is 0 Å². The Morgan fingerprint density at radius 1 is 1.10 bits per heavy atom. The van der Waals surface area contributed by atoms with Gasteiger partial charge in [0.1, 0.15) is 0 Å². The van der Waals surface area contributed by atoms with Crippen molar-refractivity contribution in [2.75, 3.05) is 0 Å². The van der Waals surface area contributed by atoms with Crippen molar-refractivity contribution in [1.29, 1.82) is 0 Å². The molecule has 0 amide bonds.